The first-order valence-electron chi connectivity index (χ1n) is 5.47. The van der Waals surface area contributed by atoms with Crippen molar-refractivity contribution >= 4 is 24.8 Å². The number of hydrogen-bond donors (Lipinski definition) is 4. The summed E-state index contributed by atoms with van der Waals surface area (Å²) in [6, 6.07) is 5.08. The zero-order valence-electron chi connectivity index (χ0n) is 9.74. The number of aromatic hydroxyl groups is 1. The minimum Gasteiger partial charge on any atom is -0.508 e. The summed E-state index contributed by atoms with van der Waals surface area (Å²) in [7, 11) is 0. The summed E-state index contributed by atoms with van der Waals surface area (Å²) >= 11 is 3.92. The monoisotopic (exact) mass is 268 g/mol. The molecule has 0 aliphatic rings. The number of rotatable bonds is 6. The Morgan fingerprint density at radius 3 is 2.56 bits per heavy atom. The molecule has 1 aromatic carbocycles. The fourth-order valence-electron chi connectivity index (χ4n) is 1.39. The lowest BCUT2D eigenvalue weighted by molar-refractivity contribution is -0.124. The van der Waals surface area contributed by atoms with E-state index in [1.807, 2.05) is 0 Å². The molecule has 5 nitrogen and oxygen atoms in total. The van der Waals surface area contributed by atoms with Crippen LogP contribution in [0.3, 0.4) is 0 Å². The average molecular weight is 268 g/mol. The normalized spacial score (nSPS) is 13.7. The second kappa shape index (κ2) is 7.03. The highest BCUT2D eigenvalue weighted by molar-refractivity contribution is 7.80. The summed E-state index contributed by atoms with van der Waals surface area (Å²) in [6.07, 6.45) is 1.02. The number of phenols is 1. The number of hydrogen-bond acceptors (Lipinski definition) is 5. The van der Waals surface area contributed by atoms with E-state index < -0.39 is 18.0 Å². The maximum atomic E-state index is 11.5. The number of amides is 1. The van der Waals surface area contributed by atoms with E-state index >= 15 is 0 Å². The molecule has 0 heterocycles. The predicted molar refractivity (Wildman–Crippen MR) is 71.6 cm³/mol. The summed E-state index contributed by atoms with van der Waals surface area (Å²) < 4.78 is 0. The summed E-state index contributed by atoms with van der Waals surface area (Å²) in [5.41, 5.74) is 6.33. The lowest BCUT2D eigenvalue weighted by Crippen LogP contribution is -2.47. The van der Waals surface area contributed by atoms with Gasteiger partial charge in [0.2, 0.25) is 5.91 Å². The molecule has 1 aromatic rings. The molecule has 1 amide bonds. The van der Waals surface area contributed by atoms with Gasteiger partial charge in [0.25, 0.3) is 0 Å². The van der Waals surface area contributed by atoms with Crippen molar-refractivity contribution in [3.05, 3.63) is 29.8 Å². The molecule has 0 bridgehead atoms. The van der Waals surface area contributed by atoms with E-state index in [-0.39, 0.29) is 11.5 Å². The first-order valence-corrected chi connectivity index (χ1v) is 6.10. The minimum atomic E-state index is -0.726. The van der Waals surface area contributed by atoms with Gasteiger partial charge < -0.3 is 21.0 Å². The van der Waals surface area contributed by atoms with Gasteiger partial charge in [-0.3, -0.25) is 4.79 Å². The standard InChI is InChI=1S/C12H16N2O3S/c13-11(7-18)12(17)14-9(6-15)5-8-1-3-10(16)4-2-8/h1-4,6,9,11,16,18H,5,7,13H2,(H,14,17)/t9-,11-/m0/s1. The molecule has 0 aromatic heterocycles. The van der Waals surface area contributed by atoms with E-state index in [1.165, 1.54) is 12.1 Å². The van der Waals surface area contributed by atoms with Crippen molar-refractivity contribution in [2.75, 3.05) is 5.75 Å². The van der Waals surface area contributed by atoms with E-state index in [4.69, 9.17) is 10.8 Å². The second-order valence-corrected chi connectivity index (χ2v) is 4.28. The topological polar surface area (TPSA) is 92.4 Å². The van der Waals surface area contributed by atoms with Crippen LogP contribution in [0.2, 0.25) is 0 Å². The zero-order chi connectivity index (χ0) is 13.5. The van der Waals surface area contributed by atoms with E-state index in [0.717, 1.165) is 5.56 Å². The number of benzene rings is 1. The largest absolute Gasteiger partial charge is 0.508 e. The third kappa shape index (κ3) is 4.38. The van der Waals surface area contributed by atoms with Crippen molar-refractivity contribution in [3.63, 3.8) is 0 Å². The SMILES string of the molecule is N[C@@H](CS)C(=O)N[C@H](C=O)Cc1ccc(O)cc1. The molecule has 0 fully saturated rings. The molecule has 0 unspecified atom stereocenters. The molecule has 2 atom stereocenters. The maximum Gasteiger partial charge on any atom is 0.238 e. The van der Waals surface area contributed by atoms with Crippen LogP contribution >= 0.6 is 12.6 Å². The van der Waals surface area contributed by atoms with Gasteiger partial charge in [-0.05, 0) is 24.1 Å². The molecular formula is C12H16N2O3S. The maximum absolute atomic E-state index is 11.5. The van der Waals surface area contributed by atoms with Gasteiger partial charge in [-0.1, -0.05) is 12.1 Å². The summed E-state index contributed by atoms with van der Waals surface area (Å²) in [5.74, 6) is -0.0280. The van der Waals surface area contributed by atoms with Crippen molar-refractivity contribution in [1.29, 1.82) is 0 Å². The lowest BCUT2D eigenvalue weighted by atomic mass is 10.1. The number of aldehydes is 1. The lowest BCUT2D eigenvalue weighted by Gasteiger charge is -2.15. The second-order valence-electron chi connectivity index (χ2n) is 3.91. The molecule has 0 radical (unpaired) electrons. The van der Waals surface area contributed by atoms with Crippen LogP contribution in [0, 0.1) is 0 Å². The van der Waals surface area contributed by atoms with Crippen LogP contribution in [0.25, 0.3) is 0 Å². The fourth-order valence-corrected chi connectivity index (χ4v) is 1.56. The molecule has 98 valence electrons. The van der Waals surface area contributed by atoms with Crippen LogP contribution in [-0.4, -0.2) is 35.1 Å². The van der Waals surface area contributed by atoms with Crippen LogP contribution in [0.4, 0.5) is 0 Å². The van der Waals surface area contributed by atoms with Crippen molar-refractivity contribution in [1.82, 2.24) is 5.32 Å². The third-order valence-electron chi connectivity index (χ3n) is 2.42. The smallest absolute Gasteiger partial charge is 0.238 e. The molecule has 6 heteroatoms. The van der Waals surface area contributed by atoms with E-state index in [0.29, 0.717) is 12.7 Å². The summed E-state index contributed by atoms with van der Waals surface area (Å²) in [5, 5.41) is 11.7. The highest BCUT2D eigenvalue weighted by atomic mass is 32.1. The molecule has 4 N–H and O–H groups in total. The molecule has 0 aliphatic carbocycles. The first-order chi connectivity index (χ1) is 8.56. The highest BCUT2D eigenvalue weighted by Gasteiger charge is 2.16. The first kappa shape index (κ1) is 14.5. The van der Waals surface area contributed by atoms with Gasteiger partial charge >= 0.3 is 0 Å². The van der Waals surface area contributed by atoms with Crippen molar-refractivity contribution in [3.8, 4) is 5.75 Å². The van der Waals surface area contributed by atoms with Crippen LogP contribution in [-0.2, 0) is 16.0 Å². The van der Waals surface area contributed by atoms with Gasteiger partial charge in [0.1, 0.15) is 12.0 Å². The molecular weight excluding hydrogens is 252 g/mol. The Morgan fingerprint density at radius 2 is 2.06 bits per heavy atom. The molecule has 0 spiro atoms. The number of phenolic OH excluding ortho intramolecular Hbond substituents is 1. The molecule has 0 saturated carbocycles. The van der Waals surface area contributed by atoms with Crippen LogP contribution in [0.5, 0.6) is 5.75 Å². The van der Waals surface area contributed by atoms with Crippen LogP contribution in [0.1, 0.15) is 5.56 Å². The van der Waals surface area contributed by atoms with Gasteiger partial charge in [0, 0.05) is 5.75 Å². The van der Waals surface area contributed by atoms with E-state index in [2.05, 4.69) is 17.9 Å². The quantitative estimate of drug-likeness (QED) is 0.427. The molecule has 1 rings (SSSR count). The van der Waals surface area contributed by atoms with E-state index in [1.54, 1.807) is 12.1 Å². The third-order valence-corrected chi connectivity index (χ3v) is 2.81. The van der Waals surface area contributed by atoms with Crippen molar-refractivity contribution < 1.29 is 14.7 Å². The minimum absolute atomic E-state index is 0.155. The molecule has 0 saturated heterocycles. The molecule has 0 aliphatic heterocycles. The van der Waals surface area contributed by atoms with Crippen molar-refractivity contribution in [2.24, 2.45) is 5.73 Å². The number of nitrogens with one attached hydrogen (secondary N) is 1. The summed E-state index contributed by atoms with van der Waals surface area (Å²) in [4.78, 5) is 22.4. The van der Waals surface area contributed by atoms with Crippen LogP contribution in [0.15, 0.2) is 24.3 Å². The van der Waals surface area contributed by atoms with Crippen molar-refractivity contribution in [2.45, 2.75) is 18.5 Å². The number of thiol groups is 1. The summed E-state index contributed by atoms with van der Waals surface area (Å²) in [6.45, 7) is 0. The zero-order valence-corrected chi connectivity index (χ0v) is 10.6. The van der Waals surface area contributed by atoms with Crippen LogP contribution < -0.4 is 11.1 Å². The Morgan fingerprint density at radius 1 is 1.44 bits per heavy atom. The van der Waals surface area contributed by atoms with Gasteiger partial charge in [-0.25, -0.2) is 0 Å². The number of nitrogens with two attached hydrogens (primary N) is 1. The number of carbonyl (C=O) groups excluding carboxylic acids is 2. The predicted octanol–water partition coefficient (Wildman–Crippen LogP) is -0.124. The Labute approximate surface area is 111 Å². The van der Waals surface area contributed by atoms with E-state index in [9.17, 15) is 9.59 Å². The Hall–Kier alpha value is -1.53. The van der Waals surface area contributed by atoms with Gasteiger partial charge in [-0.15, -0.1) is 0 Å². The highest BCUT2D eigenvalue weighted by Crippen LogP contribution is 2.10. The Kier molecular flexibility index (Phi) is 5.67. The Bertz CT molecular complexity index is 408. The van der Waals surface area contributed by atoms with Gasteiger partial charge in [0.05, 0.1) is 12.1 Å². The fraction of sp³-hybridized carbons (Fsp3) is 0.333. The average Bonchev–Trinajstić information content (AvgIpc) is 2.39. The Balaban J connectivity index is 2.59. The van der Waals surface area contributed by atoms with Gasteiger partial charge in [-0.2, -0.15) is 12.6 Å². The molecule has 18 heavy (non-hydrogen) atoms. The number of carbonyl (C=O) groups is 2. The van der Waals surface area contributed by atoms with Gasteiger partial charge in [0.15, 0.2) is 0 Å².